The van der Waals surface area contributed by atoms with E-state index < -0.39 is 18.2 Å². The zero-order chi connectivity index (χ0) is 47.2. The maximum absolute atomic E-state index is 12.5. The van der Waals surface area contributed by atoms with Crippen LogP contribution in [0.25, 0.3) is 0 Å². The summed E-state index contributed by atoms with van der Waals surface area (Å²) in [7, 11) is 0. The molecule has 0 aliphatic heterocycles. The predicted octanol–water partition coefficient (Wildman–Crippen LogP) is 18.2. The number of hydrogen-bond acceptors (Lipinski definition) is 4. The highest BCUT2D eigenvalue weighted by molar-refractivity contribution is 5.76. The van der Waals surface area contributed by atoms with Gasteiger partial charge in [-0.25, -0.2) is 0 Å². The van der Waals surface area contributed by atoms with Crippen LogP contribution in [-0.4, -0.2) is 46.1 Å². The lowest BCUT2D eigenvalue weighted by Crippen LogP contribution is -2.50. The molecular weight excluding hydrogens is 799 g/mol. The van der Waals surface area contributed by atoms with E-state index in [-0.39, 0.29) is 12.5 Å². The molecule has 0 fully saturated rings. The maximum Gasteiger partial charge on any atom is 0.220 e. The summed E-state index contributed by atoms with van der Waals surface area (Å²) in [6.45, 7) is 4.19. The van der Waals surface area contributed by atoms with Gasteiger partial charge in [0.25, 0.3) is 0 Å². The van der Waals surface area contributed by atoms with Crippen molar-refractivity contribution in [3.05, 3.63) is 36.5 Å². The molecule has 0 rings (SSSR count). The van der Waals surface area contributed by atoms with Gasteiger partial charge >= 0.3 is 0 Å². The smallest absolute Gasteiger partial charge is 0.220 e. The Bertz CT molecular complexity index is 1010. The molecule has 5 nitrogen and oxygen atoms in total. The van der Waals surface area contributed by atoms with Gasteiger partial charge in [-0.2, -0.15) is 0 Å². The van der Waals surface area contributed by atoms with Crippen molar-refractivity contribution in [1.29, 1.82) is 0 Å². The van der Waals surface area contributed by atoms with E-state index in [1.54, 1.807) is 0 Å². The van der Waals surface area contributed by atoms with Gasteiger partial charge in [-0.05, 0) is 77.0 Å². The molecule has 3 atom stereocenters. The second kappa shape index (κ2) is 55.2. The fraction of sp³-hybridized carbons (Fsp3) is 0.883. The van der Waals surface area contributed by atoms with Crippen LogP contribution in [0.3, 0.4) is 0 Å². The van der Waals surface area contributed by atoms with Gasteiger partial charge in [-0.1, -0.05) is 269 Å². The van der Waals surface area contributed by atoms with E-state index in [0.717, 1.165) is 44.9 Å². The summed E-state index contributed by atoms with van der Waals surface area (Å²) >= 11 is 0. The van der Waals surface area contributed by atoms with E-state index in [1.807, 2.05) is 0 Å². The molecule has 0 heterocycles. The second-order valence-electron chi connectivity index (χ2n) is 20.2. The second-order valence-corrected chi connectivity index (χ2v) is 20.2. The van der Waals surface area contributed by atoms with E-state index >= 15 is 0 Å². The van der Waals surface area contributed by atoms with Crippen molar-refractivity contribution in [1.82, 2.24) is 5.32 Å². The predicted molar refractivity (Wildman–Crippen MR) is 287 cm³/mol. The van der Waals surface area contributed by atoms with E-state index in [1.165, 1.54) is 244 Å². The van der Waals surface area contributed by atoms with Crippen molar-refractivity contribution < 1.29 is 20.1 Å². The van der Waals surface area contributed by atoms with Gasteiger partial charge < -0.3 is 20.6 Å². The summed E-state index contributed by atoms with van der Waals surface area (Å²) in [4.78, 5) is 12.5. The molecule has 0 aromatic heterocycles. The largest absolute Gasteiger partial charge is 0.394 e. The van der Waals surface area contributed by atoms with Gasteiger partial charge in [-0.15, -0.1) is 0 Å². The van der Waals surface area contributed by atoms with Crippen molar-refractivity contribution >= 4 is 5.91 Å². The Balaban J connectivity index is 3.52. The summed E-state index contributed by atoms with van der Waals surface area (Å²) < 4.78 is 0. The lowest BCUT2D eigenvalue weighted by molar-refractivity contribution is -0.124. The molecule has 65 heavy (non-hydrogen) atoms. The number of unbranched alkanes of at least 4 members (excludes halogenated alkanes) is 40. The van der Waals surface area contributed by atoms with Crippen LogP contribution in [0.5, 0.6) is 0 Å². The van der Waals surface area contributed by atoms with Gasteiger partial charge in [0.15, 0.2) is 0 Å². The Morgan fingerprint density at radius 3 is 0.938 bits per heavy atom. The van der Waals surface area contributed by atoms with Crippen molar-refractivity contribution in [3.63, 3.8) is 0 Å². The molecule has 0 spiro atoms. The van der Waals surface area contributed by atoms with Crippen LogP contribution in [0.2, 0.25) is 0 Å². The normalized spacial score (nSPS) is 13.5. The maximum atomic E-state index is 12.5. The monoisotopic (exact) mass is 914 g/mol. The molecule has 0 aliphatic carbocycles. The number of amides is 1. The first-order valence-corrected chi connectivity index (χ1v) is 29.3. The minimum Gasteiger partial charge on any atom is -0.394 e. The fourth-order valence-corrected chi connectivity index (χ4v) is 9.18. The third-order valence-electron chi connectivity index (χ3n) is 13.7. The molecule has 0 aromatic carbocycles. The molecular formula is C60H115NO4. The number of rotatable bonds is 54. The number of carbonyl (C=O) groups is 1. The minimum absolute atomic E-state index is 0.154. The third-order valence-corrected chi connectivity index (χ3v) is 13.7. The van der Waals surface area contributed by atoms with Gasteiger partial charge in [0, 0.05) is 6.42 Å². The zero-order valence-corrected chi connectivity index (χ0v) is 43.9. The average Bonchev–Trinajstić information content (AvgIpc) is 3.31. The Hall–Kier alpha value is -1.43. The number of hydrogen-bond donors (Lipinski definition) is 4. The van der Waals surface area contributed by atoms with E-state index in [0.29, 0.717) is 12.8 Å². The van der Waals surface area contributed by atoms with Gasteiger partial charge in [0.2, 0.25) is 5.91 Å². The topological polar surface area (TPSA) is 89.8 Å². The highest BCUT2D eigenvalue weighted by Gasteiger charge is 2.26. The summed E-state index contributed by atoms with van der Waals surface area (Å²) in [5, 5.41) is 33.7. The summed E-state index contributed by atoms with van der Waals surface area (Å²) in [5.41, 5.74) is 0. The number of aliphatic hydroxyl groups is 3. The molecule has 0 bridgehead atoms. The average molecular weight is 915 g/mol. The Labute approximate surface area is 406 Å². The first-order valence-electron chi connectivity index (χ1n) is 29.3. The number of carbonyl (C=O) groups excluding carboxylic acids is 1. The lowest BCUT2D eigenvalue weighted by Gasteiger charge is -2.26. The van der Waals surface area contributed by atoms with Crippen LogP contribution in [0.15, 0.2) is 36.5 Å². The van der Waals surface area contributed by atoms with Crippen molar-refractivity contribution in [2.24, 2.45) is 0 Å². The minimum atomic E-state index is -1.17. The molecule has 1 amide bonds. The van der Waals surface area contributed by atoms with Crippen LogP contribution >= 0.6 is 0 Å². The molecule has 384 valence electrons. The molecule has 0 saturated carbocycles. The summed E-state index contributed by atoms with van der Waals surface area (Å²) in [6, 6.07) is -0.832. The van der Waals surface area contributed by atoms with Gasteiger partial charge in [-0.3, -0.25) is 4.79 Å². The van der Waals surface area contributed by atoms with Gasteiger partial charge in [0.05, 0.1) is 18.8 Å². The quantitative estimate of drug-likeness (QED) is 0.0361. The van der Waals surface area contributed by atoms with Crippen molar-refractivity contribution in [2.75, 3.05) is 6.61 Å². The fourth-order valence-electron chi connectivity index (χ4n) is 9.18. The van der Waals surface area contributed by atoms with E-state index in [4.69, 9.17) is 0 Å². The molecule has 0 saturated heterocycles. The van der Waals surface area contributed by atoms with E-state index in [9.17, 15) is 20.1 Å². The van der Waals surface area contributed by atoms with Crippen LogP contribution in [0.4, 0.5) is 0 Å². The van der Waals surface area contributed by atoms with Crippen LogP contribution in [-0.2, 0) is 4.79 Å². The zero-order valence-electron chi connectivity index (χ0n) is 43.9. The Morgan fingerprint density at radius 1 is 0.369 bits per heavy atom. The molecule has 5 heteroatoms. The lowest BCUT2D eigenvalue weighted by atomic mass is 10.0. The molecule has 4 N–H and O–H groups in total. The van der Waals surface area contributed by atoms with Crippen LogP contribution in [0.1, 0.15) is 316 Å². The number of allylic oxidation sites excluding steroid dienone is 6. The van der Waals surface area contributed by atoms with Crippen LogP contribution in [0, 0.1) is 0 Å². The van der Waals surface area contributed by atoms with Gasteiger partial charge in [0.1, 0.15) is 6.10 Å². The highest BCUT2D eigenvalue weighted by atomic mass is 16.3. The van der Waals surface area contributed by atoms with Crippen LogP contribution < -0.4 is 5.32 Å². The Morgan fingerprint density at radius 2 is 0.631 bits per heavy atom. The third kappa shape index (κ3) is 50.3. The molecule has 0 aromatic rings. The molecule has 0 radical (unpaired) electrons. The summed E-state index contributed by atoms with van der Waals surface area (Å²) in [5.74, 6) is -0.154. The standard InChI is InChI=1S/C60H115NO4/c1-3-5-7-9-11-13-15-17-19-21-23-24-25-26-27-28-29-30-31-32-33-34-35-36-37-39-41-43-45-47-49-51-53-55-59(64)61-57(56-62)60(65)58(63)54-52-50-48-46-44-42-40-38-22-20-18-16-14-12-10-8-6-4-2/h26-27,38,40,46,48,57-58,60,62-63,65H,3-25,28-37,39,41-45,47,49-56H2,1-2H3,(H,61,64)/b27-26-,40-38+,48-46+. The van der Waals surface area contributed by atoms with E-state index in [2.05, 4.69) is 55.6 Å². The number of nitrogens with one attached hydrogen (secondary N) is 1. The van der Waals surface area contributed by atoms with Crippen molar-refractivity contribution in [2.45, 2.75) is 334 Å². The highest BCUT2D eigenvalue weighted by Crippen LogP contribution is 2.17. The first-order chi connectivity index (χ1) is 32.1. The van der Waals surface area contributed by atoms with Crippen molar-refractivity contribution in [3.8, 4) is 0 Å². The SMILES string of the molecule is CCCCCCCCCCC/C=C/CC/C=C/CCCC(O)C(O)C(CO)NC(=O)CCCCCCCCCCCCCCCCCCC/C=C\CCCCCCCCCCCCCC. The first kappa shape index (κ1) is 63.6. The Kier molecular flexibility index (Phi) is 54.0. The molecule has 0 aliphatic rings. The summed E-state index contributed by atoms with van der Waals surface area (Å²) in [6.07, 6.45) is 71.7. The number of aliphatic hydroxyl groups excluding tert-OH is 3. The molecule has 3 unspecified atom stereocenters.